The molecule has 4 nitrogen and oxygen atoms in total. The molecule has 0 amide bonds. The van der Waals surface area contributed by atoms with Crippen LogP contribution < -0.4 is 10.9 Å². The van der Waals surface area contributed by atoms with Crippen LogP contribution in [0.4, 0.5) is 5.69 Å². The van der Waals surface area contributed by atoms with E-state index in [1.807, 2.05) is 0 Å². The summed E-state index contributed by atoms with van der Waals surface area (Å²) >= 11 is 3.42. The summed E-state index contributed by atoms with van der Waals surface area (Å²) in [6.45, 7) is 1.69. The minimum Gasteiger partial charge on any atom is -0.383 e. The smallest absolute Gasteiger partial charge is 0.283 e. The second-order valence-corrected chi connectivity index (χ2v) is 6.96. The monoisotopic (exact) mass is 339 g/mol. The summed E-state index contributed by atoms with van der Waals surface area (Å²) in [7, 11) is 0. The summed E-state index contributed by atoms with van der Waals surface area (Å²) in [4.78, 5) is 12.2. The molecule has 0 spiro atoms. The molecule has 0 unspecified atom stereocenters. The minimum atomic E-state index is -0.0113. The predicted octanol–water partition coefficient (Wildman–Crippen LogP) is 3.41. The maximum Gasteiger partial charge on any atom is 0.283 e. The van der Waals surface area contributed by atoms with E-state index in [0.29, 0.717) is 10.4 Å². The lowest BCUT2D eigenvalue weighted by Gasteiger charge is -2.12. The molecular formula is C15H22BrN3O. The van der Waals surface area contributed by atoms with Crippen molar-refractivity contribution in [2.45, 2.75) is 51.5 Å². The van der Waals surface area contributed by atoms with Gasteiger partial charge in [-0.3, -0.25) is 4.79 Å². The van der Waals surface area contributed by atoms with Crippen LogP contribution in [-0.4, -0.2) is 16.3 Å². The Morgan fingerprint density at radius 1 is 1.25 bits per heavy atom. The Bertz CT molecular complexity index is 518. The first-order chi connectivity index (χ1) is 9.74. The summed E-state index contributed by atoms with van der Waals surface area (Å²) in [5.41, 5.74) is 0.822. The summed E-state index contributed by atoms with van der Waals surface area (Å²) in [5, 5.41) is 7.64. The number of anilines is 1. The summed E-state index contributed by atoms with van der Waals surface area (Å²) in [5.74, 6) is 1.53. The van der Waals surface area contributed by atoms with E-state index < -0.39 is 0 Å². The Balaban J connectivity index is 1.58. The Kier molecular flexibility index (Phi) is 4.44. The topological polar surface area (TPSA) is 46.9 Å². The van der Waals surface area contributed by atoms with Crippen LogP contribution >= 0.6 is 15.9 Å². The van der Waals surface area contributed by atoms with E-state index in [4.69, 9.17) is 0 Å². The molecule has 2 fully saturated rings. The van der Waals surface area contributed by atoms with Crippen molar-refractivity contribution in [3.05, 3.63) is 21.0 Å². The summed E-state index contributed by atoms with van der Waals surface area (Å²) < 4.78 is 2.21. The highest BCUT2D eigenvalue weighted by molar-refractivity contribution is 9.10. The molecule has 5 heteroatoms. The molecule has 0 aromatic carbocycles. The molecule has 2 aliphatic carbocycles. The highest BCUT2D eigenvalue weighted by atomic mass is 79.9. The molecule has 20 heavy (non-hydrogen) atoms. The van der Waals surface area contributed by atoms with Gasteiger partial charge in [-0.1, -0.05) is 25.7 Å². The van der Waals surface area contributed by atoms with E-state index in [1.165, 1.54) is 44.9 Å². The van der Waals surface area contributed by atoms with Gasteiger partial charge in [0.1, 0.15) is 4.47 Å². The number of rotatable bonds is 6. The van der Waals surface area contributed by atoms with Crippen molar-refractivity contribution in [1.82, 2.24) is 9.78 Å². The van der Waals surface area contributed by atoms with Gasteiger partial charge in [0, 0.05) is 13.1 Å². The van der Waals surface area contributed by atoms with Gasteiger partial charge >= 0.3 is 0 Å². The van der Waals surface area contributed by atoms with Gasteiger partial charge in [0.25, 0.3) is 5.56 Å². The summed E-state index contributed by atoms with van der Waals surface area (Å²) in [6.07, 6.45) is 10.9. The van der Waals surface area contributed by atoms with E-state index in [1.54, 1.807) is 10.9 Å². The largest absolute Gasteiger partial charge is 0.383 e. The van der Waals surface area contributed by atoms with Crippen molar-refractivity contribution in [2.75, 3.05) is 11.9 Å². The lowest BCUT2D eigenvalue weighted by Crippen LogP contribution is -2.25. The lowest BCUT2D eigenvalue weighted by molar-refractivity contribution is 0.517. The van der Waals surface area contributed by atoms with Gasteiger partial charge in [0.15, 0.2) is 0 Å². The van der Waals surface area contributed by atoms with Crippen LogP contribution in [-0.2, 0) is 6.54 Å². The van der Waals surface area contributed by atoms with Gasteiger partial charge in [-0.15, -0.1) is 0 Å². The number of nitrogens with zero attached hydrogens (tertiary/aromatic N) is 2. The quantitative estimate of drug-likeness (QED) is 0.863. The van der Waals surface area contributed by atoms with Gasteiger partial charge in [-0.05, 0) is 47.0 Å². The van der Waals surface area contributed by atoms with Crippen molar-refractivity contribution in [1.29, 1.82) is 0 Å². The number of aromatic nitrogens is 2. The predicted molar refractivity (Wildman–Crippen MR) is 84.0 cm³/mol. The third-order valence-electron chi connectivity index (χ3n) is 4.46. The molecular weight excluding hydrogens is 318 g/mol. The van der Waals surface area contributed by atoms with Crippen molar-refractivity contribution < 1.29 is 0 Å². The fourth-order valence-corrected chi connectivity index (χ4v) is 3.42. The number of nitrogens with one attached hydrogen (secondary N) is 1. The van der Waals surface area contributed by atoms with Crippen LogP contribution in [0.3, 0.4) is 0 Å². The number of hydrogen-bond acceptors (Lipinski definition) is 3. The molecule has 110 valence electrons. The molecule has 0 radical (unpaired) electrons. The molecule has 3 rings (SSSR count). The Labute approximate surface area is 128 Å². The molecule has 2 aliphatic rings. The average Bonchev–Trinajstić information content (AvgIpc) is 3.11. The Hall–Kier alpha value is -0.840. The summed E-state index contributed by atoms with van der Waals surface area (Å²) in [6, 6.07) is 0. The lowest BCUT2D eigenvalue weighted by atomic mass is 10.0. The van der Waals surface area contributed by atoms with Crippen molar-refractivity contribution in [2.24, 2.45) is 11.8 Å². The van der Waals surface area contributed by atoms with Crippen LogP contribution in [0.2, 0.25) is 0 Å². The maximum atomic E-state index is 12.2. The Morgan fingerprint density at radius 2 is 2.00 bits per heavy atom. The van der Waals surface area contributed by atoms with E-state index in [-0.39, 0.29) is 5.56 Å². The fraction of sp³-hybridized carbons (Fsp3) is 0.733. The molecule has 1 heterocycles. The first-order valence-electron chi connectivity index (χ1n) is 7.73. The first kappa shape index (κ1) is 14.1. The van der Waals surface area contributed by atoms with Gasteiger partial charge < -0.3 is 5.32 Å². The minimum absolute atomic E-state index is 0.0113. The Morgan fingerprint density at radius 3 is 2.70 bits per heavy atom. The normalized spacial score (nSPS) is 19.4. The molecule has 1 N–H and O–H groups in total. The van der Waals surface area contributed by atoms with Crippen molar-refractivity contribution >= 4 is 21.6 Å². The second-order valence-electron chi connectivity index (χ2n) is 6.17. The van der Waals surface area contributed by atoms with E-state index in [0.717, 1.165) is 24.7 Å². The fourth-order valence-electron chi connectivity index (χ4n) is 2.97. The van der Waals surface area contributed by atoms with Crippen LogP contribution in [0.5, 0.6) is 0 Å². The van der Waals surface area contributed by atoms with E-state index in [9.17, 15) is 4.79 Å². The zero-order chi connectivity index (χ0) is 13.9. The molecule has 0 aliphatic heterocycles. The van der Waals surface area contributed by atoms with Gasteiger partial charge in [0.05, 0.1) is 11.9 Å². The van der Waals surface area contributed by atoms with Crippen LogP contribution in [0.25, 0.3) is 0 Å². The average molecular weight is 340 g/mol. The standard InChI is InChI=1S/C15H22BrN3O/c16-14-13(17-8-7-11-3-1-2-4-11)9-18-19(15(14)20)10-12-5-6-12/h9,11-12,17H,1-8,10H2. The van der Waals surface area contributed by atoms with Gasteiger partial charge in [0.2, 0.25) is 0 Å². The van der Waals surface area contributed by atoms with E-state index >= 15 is 0 Å². The molecule has 0 saturated heterocycles. The van der Waals surface area contributed by atoms with Crippen LogP contribution in [0, 0.1) is 11.8 Å². The third kappa shape index (κ3) is 3.43. The van der Waals surface area contributed by atoms with Crippen molar-refractivity contribution in [3.8, 4) is 0 Å². The number of hydrogen-bond donors (Lipinski definition) is 1. The highest BCUT2D eigenvalue weighted by Gasteiger charge is 2.23. The van der Waals surface area contributed by atoms with Gasteiger partial charge in [-0.25, -0.2) is 4.68 Å². The molecule has 1 aromatic rings. The van der Waals surface area contributed by atoms with E-state index in [2.05, 4.69) is 26.3 Å². The SMILES string of the molecule is O=c1c(Br)c(NCCC2CCCC2)cnn1CC1CC1. The maximum absolute atomic E-state index is 12.2. The highest BCUT2D eigenvalue weighted by Crippen LogP contribution is 2.30. The molecule has 0 atom stereocenters. The molecule has 1 aromatic heterocycles. The molecule has 0 bridgehead atoms. The zero-order valence-electron chi connectivity index (χ0n) is 11.8. The molecule has 2 saturated carbocycles. The van der Waals surface area contributed by atoms with Gasteiger partial charge in [-0.2, -0.15) is 5.10 Å². The van der Waals surface area contributed by atoms with Crippen molar-refractivity contribution in [3.63, 3.8) is 0 Å². The number of halogens is 1. The van der Waals surface area contributed by atoms with Crippen LogP contribution in [0.15, 0.2) is 15.5 Å². The first-order valence-corrected chi connectivity index (χ1v) is 8.53. The third-order valence-corrected chi connectivity index (χ3v) is 5.22. The van der Waals surface area contributed by atoms with Crippen LogP contribution in [0.1, 0.15) is 44.9 Å². The second kappa shape index (κ2) is 6.29. The zero-order valence-corrected chi connectivity index (χ0v) is 13.4.